The molecule has 2 rings (SSSR count). The summed E-state index contributed by atoms with van der Waals surface area (Å²) in [5.74, 6) is -5.88. The minimum absolute atomic E-state index is 0.0310. The summed E-state index contributed by atoms with van der Waals surface area (Å²) in [6.07, 6.45) is -5.75. The summed E-state index contributed by atoms with van der Waals surface area (Å²) in [5, 5.41) is 0. The Labute approximate surface area is 136 Å². The Morgan fingerprint density at radius 2 is 1.79 bits per heavy atom. The molecule has 0 radical (unpaired) electrons. The molecule has 5 nitrogen and oxygen atoms in total. The molecule has 1 aliphatic heterocycles. The van der Waals surface area contributed by atoms with Gasteiger partial charge >= 0.3 is 23.9 Å². The van der Waals surface area contributed by atoms with Gasteiger partial charge in [-0.25, -0.2) is 4.79 Å². The second kappa shape index (κ2) is 6.18. The fourth-order valence-electron chi connectivity index (χ4n) is 2.28. The van der Waals surface area contributed by atoms with E-state index in [0.29, 0.717) is 0 Å². The number of esters is 2. The van der Waals surface area contributed by atoms with Crippen molar-refractivity contribution >= 4 is 11.9 Å². The Morgan fingerprint density at radius 3 is 2.25 bits per heavy atom. The van der Waals surface area contributed by atoms with Crippen molar-refractivity contribution in [2.24, 2.45) is 0 Å². The van der Waals surface area contributed by atoms with E-state index >= 15 is 0 Å². The molecular formula is C16H15F3O5. The lowest BCUT2D eigenvalue weighted by atomic mass is 10.0. The van der Waals surface area contributed by atoms with Crippen LogP contribution in [0.5, 0.6) is 0 Å². The lowest BCUT2D eigenvalue weighted by molar-refractivity contribution is -0.221. The first kappa shape index (κ1) is 17.8. The van der Waals surface area contributed by atoms with Crippen LogP contribution in [0.2, 0.25) is 0 Å². The summed E-state index contributed by atoms with van der Waals surface area (Å²) in [7, 11) is 0. The van der Waals surface area contributed by atoms with Crippen LogP contribution >= 0.6 is 0 Å². The summed E-state index contributed by atoms with van der Waals surface area (Å²) in [5.41, 5.74) is -1.59. The molecule has 1 heterocycles. The quantitative estimate of drug-likeness (QED) is 0.785. The highest BCUT2D eigenvalue weighted by atomic mass is 19.4. The lowest BCUT2D eigenvalue weighted by Gasteiger charge is -2.30. The van der Waals surface area contributed by atoms with Gasteiger partial charge in [-0.3, -0.25) is 4.79 Å². The number of carbonyl (C=O) groups is 2. The van der Waals surface area contributed by atoms with E-state index < -0.39 is 41.3 Å². The van der Waals surface area contributed by atoms with Crippen LogP contribution < -0.4 is 0 Å². The predicted molar refractivity (Wildman–Crippen MR) is 75.3 cm³/mol. The van der Waals surface area contributed by atoms with Crippen LogP contribution in [-0.4, -0.2) is 24.2 Å². The molecule has 0 N–H and O–H groups in total. The van der Waals surface area contributed by atoms with E-state index in [1.807, 2.05) is 0 Å². The Hall–Kier alpha value is -2.51. The van der Waals surface area contributed by atoms with Gasteiger partial charge in [-0.05, 0) is 13.8 Å². The molecule has 0 aliphatic carbocycles. The van der Waals surface area contributed by atoms with Gasteiger partial charge in [-0.15, -0.1) is 0 Å². The smallest absolute Gasteiger partial charge is 0.427 e. The third-order valence-corrected chi connectivity index (χ3v) is 3.04. The fourth-order valence-corrected chi connectivity index (χ4v) is 2.28. The summed E-state index contributed by atoms with van der Waals surface area (Å²) < 4.78 is 55.1. The first-order valence-electron chi connectivity index (χ1n) is 7.05. The summed E-state index contributed by atoms with van der Waals surface area (Å²) in [4.78, 5) is 23.4. The molecule has 0 aromatic heterocycles. The standard InChI is InChI=1S/C16H15F3O5/c1-9(2)22-13-12(16(17,18)19)14(21)24-15(13,23-10(3)20)11-7-5-4-6-8-11/h4-9H,1-3H3. The maximum atomic E-state index is 13.3. The highest BCUT2D eigenvalue weighted by Crippen LogP contribution is 2.48. The van der Waals surface area contributed by atoms with Crippen molar-refractivity contribution in [3.05, 3.63) is 47.2 Å². The molecule has 1 aliphatic rings. The van der Waals surface area contributed by atoms with Gasteiger partial charge in [0.05, 0.1) is 6.10 Å². The number of alkyl halides is 3. The van der Waals surface area contributed by atoms with Gasteiger partial charge in [0, 0.05) is 12.5 Å². The molecule has 0 bridgehead atoms. The molecule has 24 heavy (non-hydrogen) atoms. The first-order chi connectivity index (χ1) is 11.1. The Bertz CT molecular complexity index is 679. The fraction of sp³-hybridized carbons (Fsp3) is 0.375. The molecule has 1 aromatic carbocycles. The zero-order valence-electron chi connectivity index (χ0n) is 13.1. The molecule has 0 fully saturated rings. The van der Waals surface area contributed by atoms with Crippen molar-refractivity contribution in [2.75, 3.05) is 0 Å². The number of hydrogen-bond donors (Lipinski definition) is 0. The number of benzene rings is 1. The number of rotatable bonds is 4. The van der Waals surface area contributed by atoms with Gasteiger partial charge in [-0.1, -0.05) is 30.3 Å². The molecule has 1 aromatic rings. The maximum Gasteiger partial charge on any atom is 0.427 e. The molecular weight excluding hydrogens is 329 g/mol. The molecule has 0 spiro atoms. The molecule has 0 saturated carbocycles. The van der Waals surface area contributed by atoms with Gasteiger partial charge < -0.3 is 14.2 Å². The van der Waals surface area contributed by atoms with Crippen LogP contribution in [0.4, 0.5) is 13.2 Å². The second-order valence-corrected chi connectivity index (χ2v) is 5.33. The first-order valence-corrected chi connectivity index (χ1v) is 7.05. The average molecular weight is 344 g/mol. The average Bonchev–Trinajstić information content (AvgIpc) is 2.71. The normalized spacial score (nSPS) is 21.0. The third-order valence-electron chi connectivity index (χ3n) is 3.04. The van der Waals surface area contributed by atoms with E-state index in [-0.39, 0.29) is 5.56 Å². The van der Waals surface area contributed by atoms with Crippen molar-refractivity contribution in [2.45, 2.75) is 38.8 Å². The largest absolute Gasteiger partial charge is 0.486 e. The van der Waals surface area contributed by atoms with Crippen molar-refractivity contribution in [1.82, 2.24) is 0 Å². The van der Waals surface area contributed by atoms with Crippen LogP contribution in [0.3, 0.4) is 0 Å². The maximum absolute atomic E-state index is 13.3. The van der Waals surface area contributed by atoms with E-state index in [9.17, 15) is 22.8 Å². The Morgan fingerprint density at radius 1 is 1.21 bits per heavy atom. The van der Waals surface area contributed by atoms with Crippen molar-refractivity contribution in [1.29, 1.82) is 0 Å². The van der Waals surface area contributed by atoms with Gasteiger partial charge in [0.25, 0.3) is 0 Å². The minimum Gasteiger partial charge on any atom is -0.486 e. The SMILES string of the molecule is CC(=O)OC1(c2ccccc2)OC(=O)C(C(F)(F)F)=C1OC(C)C. The molecule has 1 atom stereocenters. The van der Waals surface area contributed by atoms with E-state index in [4.69, 9.17) is 14.2 Å². The number of cyclic esters (lactones) is 1. The van der Waals surface area contributed by atoms with Crippen LogP contribution in [0.15, 0.2) is 41.7 Å². The van der Waals surface area contributed by atoms with Crippen molar-refractivity contribution in [3.8, 4) is 0 Å². The van der Waals surface area contributed by atoms with Gasteiger partial charge in [-0.2, -0.15) is 13.2 Å². The van der Waals surface area contributed by atoms with E-state index in [1.165, 1.54) is 38.1 Å². The number of hydrogen-bond acceptors (Lipinski definition) is 5. The molecule has 0 saturated heterocycles. The molecule has 8 heteroatoms. The third kappa shape index (κ3) is 3.22. The van der Waals surface area contributed by atoms with Crippen molar-refractivity contribution in [3.63, 3.8) is 0 Å². The van der Waals surface area contributed by atoms with E-state index in [2.05, 4.69) is 0 Å². The lowest BCUT2D eigenvalue weighted by Crippen LogP contribution is -2.36. The zero-order valence-corrected chi connectivity index (χ0v) is 13.1. The van der Waals surface area contributed by atoms with Crippen LogP contribution in [-0.2, 0) is 29.6 Å². The van der Waals surface area contributed by atoms with Crippen LogP contribution in [0.1, 0.15) is 26.3 Å². The second-order valence-electron chi connectivity index (χ2n) is 5.33. The van der Waals surface area contributed by atoms with Gasteiger partial charge in [0.15, 0.2) is 5.57 Å². The highest BCUT2D eigenvalue weighted by molar-refractivity contribution is 5.94. The molecule has 0 amide bonds. The topological polar surface area (TPSA) is 61.8 Å². The van der Waals surface area contributed by atoms with E-state index in [1.54, 1.807) is 6.07 Å². The number of carbonyl (C=O) groups excluding carboxylic acids is 2. The predicted octanol–water partition coefficient (Wildman–Crippen LogP) is 3.20. The summed E-state index contributed by atoms with van der Waals surface area (Å²) in [6.45, 7) is 3.96. The van der Waals surface area contributed by atoms with Gasteiger partial charge in [0.2, 0.25) is 5.76 Å². The van der Waals surface area contributed by atoms with Crippen LogP contribution in [0, 0.1) is 0 Å². The number of ether oxygens (including phenoxy) is 3. The van der Waals surface area contributed by atoms with Crippen molar-refractivity contribution < 1.29 is 37.0 Å². The minimum atomic E-state index is -5.03. The summed E-state index contributed by atoms with van der Waals surface area (Å²) >= 11 is 0. The Balaban J connectivity index is 2.75. The van der Waals surface area contributed by atoms with Gasteiger partial charge in [0.1, 0.15) is 0 Å². The Kier molecular flexibility index (Phi) is 4.59. The zero-order chi connectivity index (χ0) is 18.1. The van der Waals surface area contributed by atoms with E-state index in [0.717, 1.165) is 6.92 Å². The number of halogens is 3. The molecule has 130 valence electrons. The monoisotopic (exact) mass is 344 g/mol. The highest BCUT2D eigenvalue weighted by Gasteiger charge is 2.61. The summed E-state index contributed by atoms with van der Waals surface area (Å²) in [6, 6.07) is 7.37. The molecule has 1 unspecified atom stereocenters. The van der Waals surface area contributed by atoms with Crippen LogP contribution in [0.25, 0.3) is 0 Å².